The van der Waals surface area contributed by atoms with Gasteiger partial charge >= 0.3 is 5.97 Å². The van der Waals surface area contributed by atoms with Crippen LogP contribution in [0.25, 0.3) is 0 Å². The normalized spacial score (nSPS) is 31.5. The van der Waals surface area contributed by atoms with Gasteiger partial charge in [-0.15, -0.1) is 0 Å². The fourth-order valence-electron chi connectivity index (χ4n) is 1.49. The van der Waals surface area contributed by atoms with Gasteiger partial charge in [0.25, 0.3) is 0 Å². The van der Waals surface area contributed by atoms with Gasteiger partial charge in [0.05, 0.1) is 7.11 Å². The van der Waals surface area contributed by atoms with Crippen LogP contribution in [0.1, 0.15) is 19.8 Å². The molecule has 1 rings (SSSR count). The van der Waals surface area contributed by atoms with E-state index in [1.165, 1.54) is 7.11 Å². The summed E-state index contributed by atoms with van der Waals surface area (Å²) in [5.74, 6) is 0.286. The van der Waals surface area contributed by atoms with Gasteiger partial charge in [-0.25, -0.2) is 0 Å². The smallest absolute Gasteiger partial charge is 0.323 e. The number of carbonyl (C=O) groups excluding carboxylic acids is 1. The highest BCUT2D eigenvalue weighted by molar-refractivity contribution is 5.76. The molecule has 64 valence electrons. The van der Waals surface area contributed by atoms with Gasteiger partial charge in [0.2, 0.25) is 0 Å². The van der Waals surface area contributed by atoms with E-state index in [1.807, 2.05) is 0 Å². The second kappa shape index (κ2) is 3.72. The largest absolute Gasteiger partial charge is 0.468 e. The lowest BCUT2D eigenvalue weighted by atomic mass is 9.93. The van der Waals surface area contributed by atoms with Crippen LogP contribution >= 0.6 is 0 Å². The predicted octanol–water partition coefficient (Wildman–Crippen LogP) is 0.547. The summed E-state index contributed by atoms with van der Waals surface area (Å²) in [6, 6.07) is -0.0752. The summed E-state index contributed by atoms with van der Waals surface area (Å²) in [6.07, 6.45) is 2.28. The maximum atomic E-state index is 11.1. The third-order valence-corrected chi connectivity index (χ3v) is 2.22. The lowest BCUT2D eigenvalue weighted by molar-refractivity contribution is -0.145. The van der Waals surface area contributed by atoms with Gasteiger partial charge in [0, 0.05) is 0 Å². The Morgan fingerprint density at radius 2 is 2.36 bits per heavy atom. The first-order valence-corrected chi connectivity index (χ1v) is 4.07. The van der Waals surface area contributed by atoms with Gasteiger partial charge in [-0.3, -0.25) is 4.79 Å². The van der Waals surface area contributed by atoms with E-state index in [0.29, 0.717) is 5.92 Å². The van der Waals surface area contributed by atoms with Crippen molar-refractivity contribution in [3.8, 4) is 0 Å². The number of carbonyl (C=O) groups is 1. The van der Waals surface area contributed by atoms with Crippen LogP contribution in [0.3, 0.4) is 0 Å². The number of nitrogens with one attached hydrogen (secondary N) is 1. The number of hydrogen-bond acceptors (Lipinski definition) is 3. The quantitative estimate of drug-likeness (QED) is 0.565. The average Bonchev–Trinajstić information content (AvgIpc) is 2.04. The Morgan fingerprint density at radius 3 is 2.91 bits per heavy atom. The van der Waals surface area contributed by atoms with E-state index in [2.05, 4.69) is 17.0 Å². The SMILES string of the molecule is COC(=O)[C@@H]1NCCC[C@@H]1C. The van der Waals surface area contributed by atoms with Gasteiger partial charge in [-0.2, -0.15) is 0 Å². The highest BCUT2D eigenvalue weighted by Crippen LogP contribution is 2.15. The zero-order valence-corrected chi connectivity index (χ0v) is 7.09. The molecule has 1 aliphatic rings. The van der Waals surface area contributed by atoms with Crippen LogP contribution in [-0.4, -0.2) is 25.7 Å². The minimum Gasteiger partial charge on any atom is -0.468 e. The Kier molecular flexibility index (Phi) is 2.88. The molecule has 0 aromatic rings. The number of piperidine rings is 1. The molecule has 0 radical (unpaired) electrons. The topological polar surface area (TPSA) is 38.3 Å². The molecule has 3 heteroatoms. The third-order valence-electron chi connectivity index (χ3n) is 2.22. The maximum absolute atomic E-state index is 11.1. The minimum absolute atomic E-state index is 0.0752. The Labute approximate surface area is 67.1 Å². The molecule has 1 fully saturated rings. The highest BCUT2D eigenvalue weighted by Gasteiger charge is 2.27. The molecule has 1 saturated heterocycles. The van der Waals surface area contributed by atoms with Crippen LogP contribution in [-0.2, 0) is 9.53 Å². The van der Waals surface area contributed by atoms with E-state index >= 15 is 0 Å². The van der Waals surface area contributed by atoms with Gasteiger partial charge in [-0.1, -0.05) is 6.92 Å². The average molecular weight is 157 g/mol. The first-order chi connectivity index (χ1) is 5.25. The van der Waals surface area contributed by atoms with Crippen LogP contribution in [0.15, 0.2) is 0 Å². The van der Waals surface area contributed by atoms with Crippen molar-refractivity contribution in [1.29, 1.82) is 0 Å². The van der Waals surface area contributed by atoms with Crippen molar-refractivity contribution < 1.29 is 9.53 Å². The molecule has 0 amide bonds. The van der Waals surface area contributed by atoms with E-state index in [-0.39, 0.29) is 12.0 Å². The highest BCUT2D eigenvalue weighted by atomic mass is 16.5. The number of rotatable bonds is 1. The summed E-state index contributed by atoms with van der Waals surface area (Å²) in [5, 5.41) is 3.14. The van der Waals surface area contributed by atoms with Crippen LogP contribution in [0.2, 0.25) is 0 Å². The molecule has 0 unspecified atom stereocenters. The van der Waals surface area contributed by atoms with Gasteiger partial charge in [0.1, 0.15) is 6.04 Å². The number of ether oxygens (including phenoxy) is 1. The molecule has 0 aliphatic carbocycles. The molecule has 0 saturated carbocycles. The Balaban J connectivity index is 2.47. The molecule has 1 aliphatic heterocycles. The van der Waals surface area contributed by atoms with Crippen molar-refractivity contribution in [2.45, 2.75) is 25.8 Å². The molecule has 0 aromatic heterocycles. The molecule has 1 heterocycles. The lowest BCUT2D eigenvalue weighted by Crippen LogP contribution is -2.46. The number of methoxy groups -OCH3 is 1. The summed E-state index contributed by atoms with van der Waals surface area (Å²) in [5.41, 5.74) is 0. The fraction of sp³-hybridized carbons (Fsp3) is 0.875. The molecular weight excluding hydrogens is 142 g/mol. The van der Waals surface area contributed by atoms with Gasteiger partial charge in [-0.05, 0) is 25.3 Å². The monoisotopic (exact) mass is 157 g/mol. The summed E-state index contributed by atoms with van der Waals surface area (Å²) in [4.78, 5) is 11.1. The molecule has 0 bridgehead atoms. The second-order valence-electron chi connectivity index (χ2n) is 3.07. The number of hydrogen-bond donors (Lipinski definition) is 1. The standard InChI is InChI=1S/C8H15NO2/c1-6-4-3-5-9-7(6)8(10)11-2/h6-7,9H,3-5H2,1-2H3/t6-,7+/m0/s1. The van der Waals surface area contributed by atoms with Crippen LogP contribution in [0.4, 0.5) is 0 Å². The fourth-order valence-corrected chi connectivity index (χ4v) is 1.49. The second-order valence-corrected chi connectivity index (χ2v) is 3.07. The molecule has 2 atom stereocenters. The molecule has 1 N–H and O–H groups in total. The first kappa shape index (κ1) is 8.53. The van der Waals surface area contributed by atoms with Crippen molar-refractivity contribution in [3.05, 3.63) is 0 Å². The van der Waals surface area contributed by atoms with Gasteiger partial charge < -0.3 is 10.1 Å². The zero-order valence-electron chi connectivity index (χ0n) is 7.09. The van der Waals surface area contributed by atoms with E-state index in [1.54, 1.807) is 0 Å². The van der Waals surface area contributed by atoms with Crippen LogP contribution in [0, 0.1) is 5.92 Å². The van der Waals surface area contributed by atoms with Crippen molar-refractivity contribution in [1.82, 2.24) is 5.32 Å². The molecule has 3 nitrogen and oxygen atoms in total. The van der Waals surface area contributed by atoms with Crippen molar-refractivity contribution in [3.63, 3.8) is 0 Å². The predicted molar refractivity (Wildman–Crippen MR) is 42.2 cm³/mol. The molecular formula is C8H15NO2. The molecule has 0 aromatic carbocycles. The minimum atomic E-state index is -0.128. The summed E-state index contributed by atoms with van der Waals surface area (Å²) in [6.45, 7) is 3.01. The molecule has 0 spiro atoms. The van der Waals surface area contributed by atoms with E-state index in [9.17, 15) is 4.79 Å². The van der Waals surface area contributed by atoms with E-state index < -0.39 is 0 Å². The Hall–Kier alpha value is -0.570. The van der Waals surface area contributed by atoms with Gasteiger partial charge in [0.15, 0.2) is 0 Å². The van der Waals surface area contributed by atoms with Crippen molar-refractivity contribution >= 4 is 5.97 Å². The summed E-state index contributed by atoms with van der Waals surface area (Å²) >= 11 is 0. The van der Waals surface area contributed by atoms with E-state index in [0.717, 1.165) is 19.4 Å². The zero-order chi connectivity index (χ0) is 8.27. The Bertz CT molecular complexity index is 147. The first-order valence-electron chi connectivity index (χ1n) is 4.07. The third kappa shape index (κ3) is 1.93. The van der Waals surface area contributed by atoms with Crippen molar-refractivity contribution in [2.24, 2.45) is 5.92 Å². The molecule has 11 heavy (non-hydrogen) atoms. The van der Waals surface area contributed by atoms with E-state index in [4.69, 9.17) is 0 Å². The number of esters is 1. The Morgan fingerprint density at radius 1 is 1.64 bits per heavy atom. The van der Waals surface area contributed by atoms with Crippen LogP contribution < -0.4 is 5.32 Å². The lowest BCUT2D eigenvalue weighted by Gasteiger charge is -2.27. The summed E-state index contributed by atoms with van der Waals surface area (Å²) in [7, 11) is 1.44. The summed E-state index contributed by atoms with van der Waals surface area (Å²) < 4.78 is 4.66. The van der Waals surface area contributed by atoms with Crippen molar-refractivity contribution in [2.75, 3.05) is 13.7 Å². The van der Waals surface area contributed by atoms with Crippen LogP contribution in [0.5, 0.6) is 0 Å². The maximum Gasteiger partial charge on any atom is 0.323 e.